The Morgan fingerprint density at radius 1 is 1.04 bits per heavy atom. The van der Waals surface area contributed by atoms with Crippen molar-refractivity contribution in [2.24, 2.45) is 5.73 Å². The third-order valence-corrected chi connectivity index (χ3v) is 5.78. The zero-order valence-corrected chi connectivity index (χ0v) is 14.9. The molecule has 0 amide bonds. The maximum atomic E-state index is 6.62. The van der Waals surface area contributed by atoms with Gasteiger partial charge in [-0.15, -0.1) is 0 Å². The van der Waals surface area contributed by atoms with Gasteiger partial charge >= 0.3 is 0 Å². The van der Waals surface area contributed by atoms with Crippen LogP contribution < -0.4 is 15.2 Å². The molecule has 4 nitrogen and oxygen atoms in total. The topological polar surface area (TPSA) is 47.7 Å². The van der Waals surface area contributed by atoms with Gasteiger partial charge < -0.3 is 15.2 Å². The van der Waals surface area contributed by atoms with Crippen molar-refractivity contribution >= 4 is 0 Å². The Balaban J connectivity index is 1.65. The van der Waals surface area contributed by atoms with E-state index < -0.39 is 0 Å². The minimum Gasteiger partial charge on any atom is -0.493 e. The van der Waals surface area contributed by atoms with Gasteiger partial charge in [0, 0.05) is 31.1 Å². The number of nitrogens with zero attached hydrogens (tertiary/aromatic N) is 1. The molecule has 2 heterocycles. The Hall–Kier alpha value is -2.04. The van der Waals surface area contributed by atoms with Crippen molar-refractivity contribution < 1.29 is 9.47 Å². The number of hydrogen-bond donors (Lipinski definition) is 1. The van der Waals surface area contributed by atoms with E-state index in [2.05, 4.69) is 47.4 Å². The van der Waals surface area contributed by atoms with E-state index in [4.69, 9.17) is 15.2 Å². The minimum absolute atomic E-state index is 0.169. The molecule has 2 aliphatic rings. The van der Waals surface area contributed by atoms with Crippen LogP contribution in [-0.2, 0) is 6.42 Å². The van der Waals surface area contributed by atoms with Gasteiger partial charge in [0.15, 0.2) is 11.5 Å². The fraction of sp³-hybridized carbons (Fsp3) is 0.429. The van der Waals surface area contributed by atoms with Crippen LogP contribution in [0.15, 0.2) is 42.5 Å². The molecule has 2 aromatic rings. The van der Waals surface area contributed by atoms with Crippen LogP contribution in [0.25, 0.3) is 0 Å². The first kappa shape index (κ1) is 16.4. The average molecular weight is 338 g/mol. The molecule has 0 aromatic heterocycles. The van der Waals surface area contributed by atoms with Gasteiger partial charge in [0.25, 0.3) is 0 Å². The highest BCUT2D eigenvalue weighted by atomic mass is 16.5. The molecule has 2 N–H and O–H groups in total. The Morgan fingerprint density at radius 3 is 2.48 bits per heavy atom. The van der Waals surface area contributed by atoms with Crippen molar-refractivity contribution in [3.63, 3.8) is 0 Å². The lowest BCUT2D eigenvalue weighted by molar-refractivity contribution is 0.109. The number of piperidine rings is 1. The number of fused-ring (bicyclic) bond motifs is 3. The largest absolute Gasteiger partial charge is 0.493 e. The molecule has 2 aliphatic heterocycles. The van der Waals surface area contributed by atoms with E-state index >= 15 is 0 Å². The van der Waals surface area contributed by atoms with Crippen LogP contribution in [0.3, 0.4) is 0 Å². The third kappa shape index (κ3) is 2.90. The van der Waals surface area contributed by atoms with E-state index in [-0.39, 0.29) is 6.04 Å². The number of methoxy groups -OCH3 is 2. The molecular weight excluding hydrogens is 312 g/mol. The summed E-state index contributed by atoms with van der Waals surface area (Å²) in [6, 6.07) is 15.5. The summed E-state index contributed by atoms with van der Waals surface area (Å²) < 4.78 is 11.0. The van der Waals surface area contributed by atoms with E-state index in [0.717, 1.165) is 37.4 Å². The molecule has 3 atom stereocenters. The van der Waals surface area contributed by atoms with Crippen molar-refractivity contribution in [3.8, 4) is 11.5 Å². The number of benzene rings is 2. The van der Waals surface area contributed by atoms with Gasteiger partial charge in [0.2, 0.25) is 0 Å². The lowest BCUT2D eigenvalue weighted by Crippen LogP contribution is -2.49. The summed E-state index contributed by atoms with van der Waals surface area (Å²) in [4.78, 5) is 2.59. The van der Waals surface area contributed by atoms with Gasteiger partial charge in [-0.1, -0.05) is 30.3 Å². The Bertz CT molecular complexity index is 747. The number of nitrogens with two attached hydrogens (primary N) is 1. The molecule has 1 fully saturated rings. The highest BCUT2D eigenvalue weighted by Crippen LogP contribution is 2.44. The highest BCUT2D eigenvalue weighted by Gasteiger charge is 2.38. The maximum absolute atomic E-state index is 6.62. The van der Waals surface area contributed by atoms with Gasteiger partial charge in [-0.05, 0) is 41.7 Å². The number of ether oxygens (including phenoxy) is 2. The summed E-state index contributed by atoms with van der Waals surface area (Å²) in [6.45, 7) is 2.09. The van der Waals surface area contributed by atoms with Crippen LogP contribution in [-0.4, -0.2) is 38.3 Å². The highest BCUT2D eigenvalue weighted by molar-refractivity contribution is 5.49. The lowest BCUT2D eigenvalue weighted by Gasteiger charge is -2.46. The van der Waals surface area contributed by atoms with Gasteiger partial charge in [-0.25, -0.2) is 0 Å². The van der Waals surface area contributed by atoms with Crippen molar-refractivity contribution in [1.82, 2.24) is 4.90 Å². The van der Waals surface area contributed by atoms with Gasteiger partial charge in [0.05, 0.1) is 14.2 Å². The van der Waals surface area contributed by atoms with Crippen molar-refractivity contribution in [3.05, 3.63) is 59.2 Å². The molecule has 2 aromatic carbocycles. The molecule has 4 heteroatoms. The predicted molar refractivity (Wildman–Crippen MR) is 99.3 cm³/mol. The molecule has 0 saturated carbocycles. The lowest BCUT2D eigenvalue weighted by atomic mass is 9.78. The van der Waals surface area contributed by atoms with Crippen molar-refractivity contribution in [1.29, 1.82) is 0 Å². The summed E-state index contributed by atoms with van der Waals surface area (Å²) in [6.07, 6.45) is 2.02. The van der Waals surface area contributed by atoms with Gasteiger partial charge in [-0.2, -0.15) is 0 Å². The van der Waals surface area contributed by atoms with Crippen molar-refractivity contribution in [2.75, 3.05) is 27.3 Å². The second-order valence-corrected chi connectivity index (χ2v) is 7.08. The van der Waals surface area contributed by atoms with E-state index in [1.807, 2.05) is 0 Å². The fourth-order valence-electron chi connectivity index (χ4n) is 4.44. The zero-order chi connectivity index (χ0) is 17.4. The maximum Gasteiger partial charge on any atom is 0.161 e. The first-order valence-electron chi connectivity index (χ1n) is 9.00. The van der Waals surface area contributed by atoms with E-state index in [9.17, 15) is 0 Å². The first-order valence-corrected chi connectivity index (χ1v) is 9.00. The van der Waals surface area contributed by atoms with E-state index in [1.165, 1.54) is 16.7 Å². The van der Waals surface area contributed by atoms with Crippen molar-refractivity contribution in [2.45, 2.75) is 30.8 Å². The third-order valence-electron chi connectivity index (χ3n) is 5.78. The smallest absolute Gasteiger partial charge is 0.161 e. The molecule has 132 valence electrons. The molecule has 0 radical (unpaired) electrons. The van der Waals surface area contributed by atoms with Crippen LogP contribution in [0.4, 0.5) is 0 Å². The summed E-state index contributed by atoms with van der Waals surface area (Å²) in [5.41, 5.74) is 10.7. The Morgan fingerprint density at radius 2 is 1.76 bits per heavy atom. The summed E-state index contributed by atoms with van der Waals surface area (Å²) in [7, 11) is 3.39. The number of rotatable bonds is 3. The minimum atomic E-state index is 0.169. The zero-order valence-electron chi connectivity index (χ0n) is 14.9. The standard InChI is InChI=1S/C21H26N2O2/c1-24-20-10-15-8-9-23-13-17(14-6-4-3-5-7-14)18(22)12-19(23)16(15)11-21(20)25-2/h3-7,10-11,17-19H,8-9,12-13,22H2,1-2H3/t17-,18-,19+/m0/s1. The molecule has 0 aliphatic carbocycles. The Kier molecular flexibility index (Phi) is 4.40. The predicted octanol–water partition coefficient (Wildman–Crippen LogP) is 3.12. The summed E-state index contributed by atoms with van der Waals surface area (Å²) >= 11 is 0. The second-order valence-electron chi connectivity index (χ2n) is 7.08. The summed E-state index contributed by atoms with van der Waals surface area (Å²) in [5.74, 6) is 2.03. The second kappa shape index (κ2) is 6.70. The molecule has 0 unspecified atom stereocenters. The monoisotopic (exact) mass is 338 g/mol. The quantitative estimate of drug-likeness (QED) is 0.934. The molecule has 0 bridgehead atoms. The SMILES string of the molecule is COc1cc2c(cc1OC)[C@H]1C[C@H](N)[C@H](c3ccccc3)CN1CC2. The normalized spacial score (nSPS) is 25.8. The van der Waals surface area contributed by atoms with E-state index in [0.29, 0.717) is 12.0 Å². The van der Waals surface area contributed by atoms with Crippen LogP contribution in [0.1, 0.15) is 35.1 Å². The average Bonchev–Trinajstić information content (AvgIpc) is 2.67. The van der Waals surface area contributed by atoms with Gasteiger partial charge in [-0.3, -0.25) is 4.90 Å². The van der Waals surface area contributed by atoms with Crippen LogP contribution >= 0.6 is 0 Å². The summed E-state index contributed by atoms with van der Waals surface area (Å²) in [5, 5.41) is 0. The Labute approximate surface area is 149 Å². The van der Waals surface area contributed by atoms with Crippen LogP contribution in [0.2, 0.25) is 0 Å². The molecule has 25 heavy (non-hydrogen) atoms. The van der Waals surface area contributed by atoms with Crippen LogP contribution in [0.5, 0.6) is 11.5 Å². The molecule has 0 spiro atoms. The first-order chi connectivity index (χ1) is 12.2. The fourth-order valence-corrected chi connectivity index (χ4v) is 4.44. The van der Waals surface area contributed by atoms with Gasteiger partial charge in [0.1, 0.15) is 0 Å². The molecule has 1 saturated heterocycles. The molecule has 4 rings (SSSR count). The van der Waals surface area contributed by atoms with Crippen LogP contribution in [0, 0.1) is 0 Å². The van der Waals surface area contributed by atoms with E-state index in [1.54, 1.807) is 14.2 Å². The molecular formula is C21H26N2O2. The number of hydrogen-bond acceptors (Lipinski definition) is 4.